The molecule has 0 spiro atoms. The van der Waals surface area contributed by atoms with E-state index in [1.54, 1.807) is 43.4 Å². The average molecular weight is 431 g/mol. The van der Waals surface area contributed by atoms with E-state index in [1.165, 1.54) is 35.4 Å². The van der Waals surface area contributed by atoms with Crippen molar-refractivity contribution in [2.75, 3.05) is 13.6 Å². The molecule has 1 aromatic heterocycles. The van der Waals surface area contributed by atoms with E-state index >= 15 is 0 Å². The smallest absolute Gasteiger partial charge is 0.243 e. The van der Waals surface area contributed by atoms with Crippen molar-refractivity contribution in [2.24, 2.45) is 0 Å². The van der Waals surface area contributed by atoms with E-state index < -0.39 is 21.7 Å². The average Bonchev–Trinajstić information content (AvgIpc) is 3.21. The lowest BCUT2D eigenvalue weighted by molar-refractivity contribution is -0.130. The summed E-state index contributed by atoms with van der Waals surface area (Å²) in [6, 6.07) is 15.7. The Morgan fingerprint density at radius 2 is 1.77 bits per heavy atom. The number of likely N-dealkylation sites (N-methyl/N-ethyl adjacent to an activating group) is 1. The van der Waals surface area contributed by atoms with Crippen LogP contribution in [-0.2, 0) is 27.9 Å². The number of nitrogens with zero attached hydrogens (tertiary/aromatic N) is 2. The first-order chi connectivity index (χ1) is 14.3. The number of halogens is 1. The zero-order valence-corrected chi connectivity index (χ0v) is 17.6. The van der Waals surface area contributed by atoms with Crippen LogP contribution in [0.4, 0.5) is 4.39 Å². The van der Waals surface area contributed by atoms with Crippen LogP contribution >= 0.6 is 0 Å². The molecule has 0 aliphatic carbocycles. The lowest BCUT2D eigenvalue weighted by atomic mass is 10.2. The number of carbonyl (C=O) groups excluding carboxylic acids is 1. The molecule has 0 aliphatic heterocycles. The van der Waals surface area contributed by atoms with Crippen LogP contribution in [0.1, 0.15) is 16.9 Å². The molecular weight excluding hydrogens is 407 g/mol. The first kappa shape index (κ1) is 21.7. The van der Waals surface area contributed by atoms with Gasteiger partial charge >= 0.3 is 0 Å². The van der Waals surface area contributed by atoms with E-state index in [0.717, 1.165) is 9.87 Å². The Hall–Kier alpha value is -2.97. The molecule has 0 aliphatic rings. The second kappa shape index (κ2) is 9.23. The molecular formula is C22H23FN2O4S. The van der Waals surface area contributed by atoms with Gasteiger partial charge in [0.25, 0.3) is 0 Å². The highest BCUT2D eigenvalue weighted by atomic mass is 32.2. The molecule has 1 heterocycles. The summed E-state index contributed by atoms with van der Waals surface area (Å²) in [4.78, 5) is 14.3. The van der Waals surface area contributed by atoms with Crippen molar-refractivity contribution in [3.05, 3.63) is 89.6 Å². The van der Waals surface area contributed by atoms with E-state index in [9.17, 15) is 17.6 Å². The van der Waals surface area contributed by atoms with Crippen LogP contribution < -0.4 is 0 Å². The van der Waals surface area contributed by atoms with E-state index in [-0.39, 0.29) is 24.5 Å². The van der Waals surface area contributed by atoms with Gasteiger partial charge in [-0.25, -0.2) is 12.8 Å². The van der Waals surface area contributed by atoms with E-state index in [0.29, 0.717) is 11.3 Å². The quantitative estimate of drug-likeness (QED) is 0.548. The van der Waals surface area contributed by atoms with Crippen molar-refractivity contribution >= 4 is 15.9 Å². The topological polar surface area (TPSA) is 70.8 Å². The van der Waals surface area contributed by atoms with Gasteiger partial charge < -0.3 is 9.32 Å². The lowest BCUT2D eigenvalue weighted by Gasteiger charge is -2.24. The number of hydrogen-bond acceptors (Lipinski definition) is 4. The predicted molar refractivity (Wildman–Crippen MR) is 110 cm³/mol. The van der Waals surface area contributed by atoms with Crippen LogP contribution in [0.3, 0.4) is 0 Å². The summed E-state index contributed by atoms with van der Waals surface area (Å²) in [5, 5.41) is 0. The Kier molecular flexibility index (Phi) is 6.69. The Bertz CT molecular complexity index is 1100. The maximum Gasteiger partial charge on any atom is 0.243 e. The highest BCUT2D eigenvalue weighted by Gasteiger charge is 2.28. The van der Waals surface area contributed by atoms with Crippen molar-refractivity contribution in [1.82, 2.24) is 9.21 Å². The summed E-state index contributed by atoms with van der Waals surface area (Å²) < 4.78 is 46.2. The number of sulfonamides is 1. The maximum absolute atomic E-state index is 13.4. The zero-order chi connectivity index (χ0) is 21.7. The molecule has 0 bridgehead atoms. The number of benzene rings is 2. The van der Waals surface area contributed by atoms with Gasteiger partial charge in [-0.05, 0) is 48.9 Å². The molecule has 3 rings (SSSR count). The standard InChI is InChI=1S/C22H23FN2O4S/c1-17-8-10-21(11-9-17)30(27,28)25(15-20-7-4-12-29-20)16-22(26)24(2)14-18-5-3-6-19(23)13-18/h3-13H,14-16H2,1-2H3. The van der Waals surface area contributed by atoms with Crippen molar-refractivity contribution in [2.45, 2.75) is 24.9 Å². The Morgan fingerprint density at radius 1 is 1.03 bits per heavy atom. The second-order valence-electron chi connectivity index (χ2n) is 7.05. The number of carbonyl (C=O) groups is 1. The minimum atomic E-state index is -3.94. The van der Waals surface area contributed by atoms with E-state index in [1.807, 2.05) is 6.92 Å². The molecule has 2 aromatic carbocycles. The second-order valence-corrected chi connectivity index (χ2v) is 8.98. The molecule has 0 N–H and O–H groups in total. The fourth-order valence-corrected chi connectivity index (χ4v) is 4.29. The van der Waals surface area contributed by atoms with E-state index in [4.69, 9.17) is 4.42 Å². The fourth-order valence-electron chi connectivity index (χ4n) is 2.93. The third kappa shape index (κ3) is 5.34. The Labute approximate surface area is 175 Å². The van der Waals surface area contributed by atoms with Crippen LogP contribution in [0, 0.1) is 12.7 Å². The van der Waals surface area contributed by atoms with Crippen molar-refractivity contribution in [3.63, 3.8) is 0 Å². The highest BCUT2D eigenvalue weighted by Crippen LogP contribution is 2.20. The molecule has 0 radical (unpaired) electrons. The summed E-state index contributed by atoms with van der Waals surface area (Å²) in [5.41, 5.74) is 1.54. The minimum absolute atomic E-state index is 0.0806. The summed E-state index contributed by atoms with van der Waals surface area (Å²) in [5.74, 6) is -0.387. The molecule has 0 fully saturated rings. The molecule has 0 unspecified atom stereocenters. The number of furan rings is 1. The van der Waals surface area contributed by atoms with Gasteiger partial charge in [-0.3, -0.25) is 4.79 Å². The van der Waals surface area contributed by atoms with Crippen LogP contribution in [0.15, 0.2) is 76.2 Å². The SMILES string of the molecule is Cc1ccc(S(=O)(=O)N(CC(=O)N(C)Cc2cccc(F)c2)Cc2ccco2)cc1. The number of rotatable bonds is 8. The van der Waals surface area contributed by atoms with E-state index in [2.05, 4.69) is 0 Å². The van der Waals surface area contributed by atoms with Gasteiger partial charge in [0.05, 0.1) is 24.2 Å². The van der Waals surface area contributed by atoms with Crippen molar-refractivity contribution in [1.29, 1.82) is 0 Å². The van der Waals surface area contributed by atoms with Gasteiger partial charge in [0.1, 0.15) is 11.6 Å². The fraction of sp³-hybridized carbons (Fsp3) is 0.227. The van der Waals surface area contributed by atoms with Gasteiger partial charge in [-0.15, -0.1) is 0 Å². The summed E-state index contributed by atoms with van der Waals surface area (Å²) in [6.45, 7) is 1.57. The third-order valence-corrected chi connectivity index (χ3v) is 6.42. The zero-order valence-electron chi connectivity index (χ0n) is 16.8. The molecule has 30 heavy (non-hydrogen) atoms. The van der Waals surface area contributed by atoms with Crippen LogP contribution in [-0.4, -0.2) is 37.1 Å². The molecule has 6 nitrogen and oxygen atoms in total. The molecule has 0 saturated heterocycles. The van der Waals surface area contributed by atoms with Gasteiger partial charge in [-0.2, -0.15) is 4.31 Å². The third-order valence-electron chi connectivity index (χ3n) is 4.62. The predicted octanol–water partition coefficient (Wildman–Crippen LogP) is 3.58. The Morgan fingerprint density at radius 3 is 2.40 bits per heavy atom. The van der Waals surface area contributed by atoms with Crippen LogP contribution in [0.5, 0.6) is 0 Å². The lowest BCUT2D eigenvalue weighted by Crippen LogP contribution is -2.40. The molecule has 0 saturated carbocycles. The molecule has 1 amide bonds. The molecule has 0 atom stereocenters. The molecule has 3 aromatic rings. The minimum Gasteiger partial charge on any atom is -0.468 e. The number of hydrogen-bond donors (Lipinski definition) is 0. The van der Waals surface area contributed by atoms with Crippen molar-refractivity contribution < 1.29 is 22.0 Å². The monoisotopic (exact) mass is 430 g/mol. The summed E-state index contributed by atoms with van der Waals surface area (Å²) >= 11 is 0. The summed E-state index contributed by atoms with van der Waals surface area (Å²) in [7, 11) is -2.38. The molecule has 8 heteroatoms. The first-order valence-electron chi connectivity index (χ1n) is 9.33. The summed E-state index contributed by atoms with van der Waals surface area (Å²) in [6.07, 6.45) is 1.45. The number of amides is 1. The number of aryl methyl sites for hydroxylation is 1. The normalized spacial score (nSPS) is 11.6. The maximum atomic E-state index is 13.4. The van der Waals surface area contributed by atoms with Gasteiger partial charge in [0, 0.05) is 13.6 Å². The van der Waals surface area contributed by atoms with Gasteiger partial charge in [0.2, 0.25) is 15.9 Å². The van der Waals surface area contributed by atoms with Gasteiger partial charge in [-0.1, -0.05) is 29.8 Å². The van der Waals surface area contributed by atoms with Gasteiger partial charge in [0.15, 0.2) is 0 Å². The first-order valence-corrected chi connectivity index (χ1v) is 10.8. The van der Waals surface area contributed by atoms with Crippen LogP contribution in [0.2, 0.25) is 0 Å². The largest absolute Gasteiger partial charge is 0.468 e. The van der Waals surface area contributed by atoms with Crippen LogP contribution in [0.25, 0.3) is 0 Å². The Balaban J connectivity index is 1.81. The van der Waals surface area contributed by atoms with Crippen molar-refractivity contribution in [3.8, 4) is 0 Å². The molecule has 158 valence electrons. The highest BCUT2D eigenvalue weighted by molar-refractivity contribution is 7.89.